The van der Waals surface area contributed by atoms with Gasteiger partial charge in [-0.25, -0.2) is 4.79 Å². The molecule has 1 unspecified atom stereocenters. The quantitative estimate of drug-likeness (QED) is 0.333. The van der Waals surface area contributed by atoms with Crippen LogP contribution in [0.5, 0.6) is 0 Å². The van der Waals surface area contributed by atoms with E-state index >= 15 is 0 Å². The van der Waals surface area contributed by atoms with Crippen molar-refractivity contribution in [2.75, 3.05) is 78.7 Å². The molecule has 2 aliphatic heterocycles. The van der Waals surface area contributed by atoms with Gasteiger partial charge in [0, 0.05) is 58.4 Å². The van der Waals surface area contributed by atoms with E-state index in [1.54, 1.807) is 0 Å². The van der Waals surface area contributed by atoms with Gasteiger partial charge in [-0.15, -0.1) is 0 Å². The Balaban J connectivity index is 1.64. The van der Waals surface area contributed by atoms with Crippen LogP contribution in [0.15, 0.2) is 4.99 Å². The molecule has 1 amide bonds. The Kier molecular flexibility index (Phi) is 10.8. The lowest BCUT2D eigenvalue weighted by atomic mass is 10.2. The summed E-state index contributed by atoms with van der Waals surface area (Å²) in [5, 5.41) is 6.80. The number of piperazine rings is 1. The number of guanidine groups is 1. The molecule has 0 aliphatic carbocycles. The summed E-state index contributed by atoms with van der Waals surface area (Å²) in [5.41, 5.74) is -0.439. The number of nitrogens with zero attached hydrogens (tertiary/aromatic N) is 4. The number of carbonyl (C=O) groups is 1. The maximum atomic E-state index is 12.2. The molecule has 1 atom stereocenters. The first-order valence-corrected chi connectivity index (χ1v) is 11.8. The van der Waals surface area contributed by atoms with Crippen LogP contribution in [0, 0.1) is 0 Å². The highest BCUT2D eigenvalue weighted by Crippen LogP contribution is 2.12. The molecule has 0 aromatic carbocycles. The van der Waals surface area contributed by atoms with E-state index in [-0.39, 0.29) is 6.09 Å². The molecule has 2 saturated heterocycles. The van der Waals surface area contributed by atoms with Crippen molar-refractivity contribution in [2.24, 2.45) is 4.99 Å². The fourth-order valence-corrected chi connectivity index (χ4v) is 3.69. The molecule has 9 heteroatoms. The minimum absolute atomic E-state index is 0.202. The van der Waals surface area contributed by atoms with Gasteiger partial charge in [0.15, 0.2) is 5.96 Å². The highest BCUT2D eigenvalue weighted by atomic mass is 16.6. The van der Waals surface area contributed by atoms with E-state index in [1.165, 1.54) is 0 Å². The molecule has 31 heavy (non-hydrogen) atoms. The molecule has 0 bridgehead atoms. The predicted molar refractivity (Wildman–Crippen MR) is 125 cm³/mol. The summed E-state index contributed by atoms with van der Waals surface area (Å²) in [6.07, 6.45) is 0.835. The van der Waals surface area contributed by atoms with Crippen LogP contribution in [0.2, 0.25) is 0 Å². The van der Waals surface area contributed by atoms with Crippen molar-refractivity contribution in [3.05, 3.63) is 0 Å². The highest BCUT2D eigenvalue weighted by molar-refractivity contribution is 5.79. The third-order valence-corrected chi connectivity index (χ3v) is 5.49. The Hall–Kier alpha value is -1.58. The Bertz CT molecular complexity index is 552. The van der Waals surface area contributed by atoms with Crippen LogP contribution < -0.4 is 10.6 Å². The normalized spacial score (nSPS) is 20.4. The molecule has 2 fully saturated rings. The van der Waals surface area contributed by atoms with Crippen LogP contribution in [-0.4, -0.2) is 117 Å². The first kappa shape index (κ1) is 25.7. The van der Waals surface area contributed by atoms with Crippen molar-refractivity contribution in [3.63, 3.8) is 0 Å². The predicted octanol–water partition coefficient (Wildman–Crippen LogP) is 1.21. The lowest BCUT2D eigenvalue weighted by molar-refractivity contribution is 0.0145. The largest absolute Gasteiger partial charge is 0.444 e. The number of ether oxygens (including phenoxy) is 2. The van der Waals surface area contributed by atoms with Gasteiger partial charge in [0.25, 0.3) is 0 Å². The minimum atomic E-state index is -0.439. The molecule has 180 valence electrons. The van der Waals surface area contributed by atoms with E-state index in [0.717, 1.165) is 91.0 Å². The van der Waals surface area contributed by atoms with Crippen LogP contribution >= 0.6 is 0 Å². The zero-order valence-electron chi connectivity index (χ0n) is 20.3. The van der Waals surface area contributed by atoms with Gasteiger partial charge in [0.1, 0.15) is 5.60 Å². The topological polar surface area (TPSA) is 81.7 Å². The second-order valence-electron chi connectivity index (χ2n) is 9.31. The molecule has 2 aliphatic rings. The van der Waals surface area contributed by atoms with Gasteiger partial charge < -0.3 is 25.0 Å². The van der Waals surface area contributed by atoms with Crippen LogP contribution in [0.25, 0.3) is 0 Å². The SMILES string of the molecule is CCNC(=NCC(C)N1CCOCC1)NCCCN1CCN(C(=O)OC(C)(C)C)CC1. The van der Waals surface area contributed by atoms with Gasteiger partial charge in [-0.1, -0.05) is 0 Å². The molecule has 2 heterocycles. The minimum Gasteiger partial charge on any atom is -0.444 e. The van der Waals surface area contributed by atoms with E-state index in [0.29, 0.717) is 6.04 Å². The summed E-state index contributed by atoms with van der Waals surface area (Å²) >= 11 is 0. The molecule has 0 saturated carbocycles. The summed E-state index contributed by atoms with van der Waals surface area (Å²) < 4.78 is 10.9. The maximum Gasteiger partial charge on any atom is 0.410 e. The van der Waals surface area contributed by atoms with Crippen LogP contribution in [0.1, 0.15) is 41.0 Å². The first-order valence-electron chi connectivity index (χ1n) is 11.8. The molecule has 2 rings (SSSR count). The summed E-state index contributed by atoms with van der Waals surface area (Å²) in [7, 11) is 0. The van der Waals surface area contributed by atoms with Crippen LogP contribution in [0.4, 0.5) is 4.79 Å². The molecule has 9 nitrogen and oxygen atoms in total. The standard InChI is InChI=1S/C22H44N6O3/c1-6-23-20(25-18-19(2)27-14-16-30-17-15-27)24-8-7-9-26-10-12-28(13-11-26)21(29)31-22(3,4)5/h19H,6-18H2,1-5H3,(H2,23,24,25). The number of aliphatic imine (C=N–C) groups is 1. The Morgan fingerprint density at radius 2 is 1.77 bits per heavy atom. The lowest BCUT2D eigenvalue weighted by Gasteiger charge is -2.35. The Morgan fingerprint density at radius 1 is 1.10 bits per heavy atom. The molecule has 2 N–H and O–H groups in total. The van der Waals surface area contributed by atoms with Gasteiger partial charge in [-0.3, -0.25) is 14.8 Å². The van der Waals surface area contributed by atoms with E-state index < -0.39 is 5.60 Å². The van der Waals surface area contributed by atoms with E-state index in [1.807, 2.05) is 25.7 Å². The number of amides is 1. The number of rotatable bonds is 8. The number of nitrogens with one attached hydrogen (secondary N) is 2. The smallest absolute Gasteiger partial charge is 0.410 e. The Labute approximate surface area is 188 Å². The average molecular weight is 441 g/mol. The molecular weight excluding hydrogens is 396 g/mol. The van der Waals surface area contributed by atoms with Crippen LogP contribution in [-0.2, 0) is 9.47 Å². The summed E-state index contributed by atoms with van der Waals surface area (Å²) in [5.74, 6) is 0.886. The zero-order valence-corrected chi connectivity index (χ0v) is 20.3. The summed E-state index contributed by atoms with van der Waals surface area (Å²) in [6, 6.07) is 0.417. The molecule has 0 aromatic heterocycles. The molecule has 0 spiro atoms. The summed E-state index contributed by atoms with van der Waals surface area (Å²) in [4.78, 5) is 23.6. The van der Waals surface area contributed by atoms with Gasteiger partial charge in [0.05, 0.1) is 19.8 Å². The Morgan fingerprint density at radius 3 is 2.39 bits per heavy atom. The van der Waals surface area contributed by atoms with Crippen LogP contribution in [0.3, 0.4) is 0 Å². The van der Waals surface area contributed by atoms with Gasteiger partial charge in [-0.2, -0.15) is 0 Å². The van der Waals surface area contributed by atoms with Gasteiger partial charge >= 0.3 is 6.09 Å². The lowest BCUT2D eigenvalue weighted by Crippen LogP contribution is -2.50. The monoisotopic (exact) mass is 440 g/mol. The fraction of sp³-hybridized carbons (Fsp3) is 0.909. The third kappa shape index (κ3) is 10.1. The number of carbonyl (C=O) groups excluding carboxylic acids is 1. The van der Waals surface area contributed by atoms with Gasteiger partial charge in [0.2, 0.25) is 0 Å². The molecular formula is C22H44N6O3. The summed E-state index contributed by atoms with van der Waals surface area (Å²) in [6.45, 7) is 20.4. The van der Waals surface area contributed by atoms with Crippen molar-refractivity contribution in [1.29, 1.82) is 0 Å². The van der Waals surface area contributed by atoms with E-state index in [4.69, 9.17) is 14.5 Å². The van der Waals surface area contributed by atoms with E-state index in [2.05, 4.69) is 34.3 Å². The van der Waals surface area contributed by atoms with Crippen molar-refractivity contribution in [2.45, 2.75) is 52.7 Å². The second kappa shape index (κ2) is 13.1. The van der Waals surface area contributed by atoms with Gasteiger partial charge in [-0.05, 0) is 47.6 Å². The highest BCUT2D eigenvalue weighted by Gasteiger charge is 2.25. The average Bonchev–Trinajstić information content (AvgIpc) is 2.74. The van der Waals surface area contributed by atoms with E-state index in [9.17, 15) is 4.79 Å². The maximum absolute atomic E-state index is 12.2. The number of morpholine rings is 1. The zero-order chi connectivity index (χ0) is 22.7. The number of hydrogen-bond donors (Lipinski definition) is 2. The molecule has 0 aromatic rings. The fourth-order valence-electron chi connectivity index (χ4n) is 3.69. The first-order chi connectivity index (χ1) is 14.8. The van der Waals surface area contributed by atoms with Crippen molar-refractivity contribution >= 4 is 12.1 Å². The third-order valence-electron chi connectivity index (χ3n) is 5.49. The molecule has 0 radical (unpaired) electrons. The van der Waals surface area contributed by atoms with Crippen molar-refractivity contribution < 1.29 is 14.3 Å². The van der Waals surface area contributed by atoms with Crippen molar-refractivity contribution in [3.8, 4) is 0 Å². The second-order valence-corrected chi connectivity index (χ2v) is 9.31. The van der Waals surface area contributed by atoms with Crippen molar-refractivity contribution in [1.82, 2.24) is 25.3 Å². The number of hydrogen-bond acceptors (Lipinski definition) is 6.